The molecular weight excluding hydrogens is 256 g/mol. The van der Waals surface area contributed by atoms with Crippen LogP contribution in [0.3, 0.4) is 0 Å². The molecule has 0 aliphatic rings. The fourth-order valence-electron chi connectivity index (χ4n) is 1.60. The predicted octanol–water partition coefficient (Wildman–Crippen LogP) is 1.60. The molecule has 0 unspecified atom stereocenters. The van der Waals surface area contributed by atoms with Crippen molar-refractivity contribution in [1.82, 2.24) is 0 Å². The van der Waals surface area contributed by atoms with Crippen LogP contribution in [0.1, 0.15) is 57.8 Å². The topological polar surface area (TPSA) is 115 Å². The zero-order chi connectivity index (χ0) is 14.2. The van der Waals surface area contributed by atoms with Crippen LogP contribution in [0, 0.1) is 0 Å². The lowest BCUT2D eigenvalue weighted by molar-refractivity contribution is -0.710. The van der Waals surface area contributed by atoms with Crippen LogP contribution in [0.15, 0.2) is 0 Å². The van der Waals surface area contributed by atoms with Gasteiger partial charge in [-0.2, -0.15) is 5.90 Å². The van der Waals surface area contributed by atoms with Gasteiger partial charge in [0.15, 0.2) is 0 Å². The Bertz CT molecular complexity index is 206. The quantitative estimate of drug-likeness (QED) is 0.266. The summed E-state index contributed by atoms with van der Waals surface area (Å²) in [5.41, 5.74) is 5.05. The number of unbranched alkanes of at least 4 members (excludes halogenated alkanes) is 7. The van der Waals surface area contributed by atoms with E-state index >= 15 is 0 Å². The van der Waals surface area contributed by atoms with Gasteiger partial charge in [-0.05, 0) is 28.0 Å². The van der Waals surface area contributed by atoms with Gasteiger partial charge in [0.1, 0.15) is 0 Å². The number of rotatable bonds is 15. The van der Waals surface area contributed by atoms with Gasteiger partial charge >= 0.3 is 0 Å². The second-order valence-corrected chi connectivity index (χ2v) is 4.17. The average molecular weight is 280 g/mol. The molecule has 19 heavy (non-hydrogen) atoms. The molecule has 0 heterocycles. The molecular formula is C11H24N2O6. The van der Waals surface area contributed by atoms with E-state index in [4.69, 9.17) is 5.73 Å². The molecule has 0 spiro atoms. The van der Waals surface area contributed by atoms with E-state index in [1.54, 1.807) is 0 Å². The molecule has 0 aliphatic carbocycles. The second kappa shape index (κ2) is 15.3. The summed E-state index contributed by atoms with van der Waals surface area (Å²) in [5, 5.41) is 11.7. The van der Waals surface area contributed by atoms with Crippen LogP contribution in [-0.4, -0.2) is 12.5 Å². The minimum Gasteiger partial charge on any atom is -0.370 e. The third kappa shape index (κ3) is 17.2. The van der Waals surface area contributed by atoms with Crippen molar-refractivity contribution < 1.29 is 29.8 Å². The molecule has 0 aromatic heterocycles. The Morgan fingerprint density at radius 3 is 1.95 bits per heavy atom. The first-order valence-corrected chi connectivity index (χ1v) is 6.54. The number of hydrogen-bond acceptors (Lipinski definition) is 7. The van der Waals surface area contributed by atoms with Crippen LogP contribution in [-0.2, 0) is 29.8 Å². The van der Waals surface area contributed by atoms with Crippen LogP contribution in [0.2, 0.25) is 0 Å². The minimum absolute atomic E-state index is 0.213. The van der Waals surface area contributed by atoms with E-state index in [2.05, 4.69) is 30.9 Å². The third-order valence-corrected chi connectivity index (χ3v) is 2.54. The number of amides is 1. The van der Waals surface area contributed by atoms with Gasteiger partial charge in [0.25, 0.3) is 0 Å². The summed E-state index contributed by atoms with van der Waals surface area (Å²) in [6.45, 7) is 0.409. The van der Waals surface area contributed by atoms with E-state index in [9.17, 15) is 4.79 Å². The summed E-state index contributed by atoms with van der Waals surface area (Å²) in [5.74, 6) is 4.26. The van der Waals surface area contributed by atoms with E-state index in [-0.39, 0.29) is 5.91 Å². The summed E-state index contributed by atoms with van der Waals surface area (Å²) in [4.78, 5) is 18.7. The van der Waals surface area contributed by atoms with Crippen LogP contribution in [0.5, 0.6) is 0 Å². The first kappa shape index (κ1) is 18.2. The second-order valence-electron chi connectivity index (χ2n) is 4.17. The Kier molecular flexibility index (Phi) is 14.7. The maximum Gasteiger partial charge on any atom is 0.217 e. The predicted molar refractivity (Wildman–Crippen MR) is 65.2 cm³/mol. The van der Waals surface area contributed by atoms with Gasteiger partial charge in [0.2, 0.25) is 5.91 Å². The van der Waals surface area contributed by atoms with Gasteiger partial charge in [0.05, 0.1) is 6.61 Å². The van der Waals surface area contributed by atoms with Gasteiger partial charge in [-0.15, -0.1) is 4.99 Å². The van der Waals surface area contributed by atoms with E-state index < -0.39 is 0 Å². The van der Waals surface area contributed by atoms with Crippen LogP contribution in [0.25, 0.3) is 0 Å². The molecule has 0 saturated carbocycles. The molecule has 0 rings (SSSR count). The molecule has 0 fully saturated rings. The minimum atomic E-state index is -0.213. The number of carbonyl (C=O) groups excluding carboxylic acids is 1. The normalized spacial score (nSPS) is 10.8. The molecule has 0 bridgehead atoms. The van der Waals surface area contributed by atoms with Crippen molar-refractivity contribution in [1.29, 1.82) is 0 Å². The van der Waals surface area contributed by atoms with E-state index in [0.29, 0.717) is 13.0 Å². The Balaban J connectivity index is 2.93. The molecule has 4 N–H and O–H groups in total. The lowest BCUT2D eigenvalue weighted by atomic mass is 10.1. The standard InChI is InChI=1S/C11H24N2O6/c12-11(14)9-7-5-3-1-2-4-6-8-10-15-17-19-18-16-13/h1-10,13H2,(H2,12,14). The number of hydrogen-bond donors (Lipinski definition) is 2. The Labute approximate surface area is 112 Å². The molecule has 0 radical (unpaired) electrons. The monoisotopic (exact) mass is 280 g/mol. The van der Waals surface area contributed by atoms with Crippen molar-refractivity contribution in [3.8, 4) is 0 Å². The van der Waals surface area contributed by atoms with Crippen molar-refractivity contribution in [2.75, 3.05) is 6.61 Å². The first-order valence-electron chi connectivity index (χ1n) is 6.54. The van der Waals surface area contributed by atoms with E-state index in [1.165, 1.54) is 12.8 Å². The maximum atomic E-state index is 10.5. The Hall–Kier alpha value is -0.770. The van der Waals surface area contributed by atoms with Crippen molar-refractivity contribution >= 4 is 5.91 Å². The third-order valence-electron chi connectivity index (χ3n) is 2.54. The molecule has 0 atom stereocenters. The Morgan fingerprint density at radius 2 is 1.37 bits per heavy atom. The zero-order valence-electron chi connectivity index (χ0n) is 11.2. The molecule has 0 aromatic carbocycles. The van der Waals surface area contributed by atoms with Crippen LogP contribution in [0.4, 0.5) is 0 Å². The maximum absolute atomic E-state index is 10.5. The molecule has 0 aliphatic heterocycles. The molecule has 0 aromatic rings. The summed E-state index contributed by atoms with van der Waals surface area (Å²) in [7, 11) is 0. The van der Waals surface area contributed by atoms with E-state index in [0.717, 1.165) is 38.5 Å². The van der Waals surface area contributed by atoms with Gasteiger partial charge in [-0.3, -0.25) is 4.79 Å². The lowest BCUT2D eigenvalue weighted by Gasteiger charge is -2.02. The van der Waals surface area contributed by atoms with Crippen molar-refractivity contribution in [3.63, 3.8) is 0 Å². The highest BCUT2D eigenvalue weighted by Gasteiger charge is 1.96. The van der Waals surface area contributed by atoms with Gasteiger partial charge < -0.3 is 5.73 Å². The Morgan fingerprint density at radius 1 is 0.789 bits per heavy atom. The fourth-order valence-corrected chi connectivity index (χ4v) is 1.60. The highest BCUT2D eigenvalue weighted by molar-refractivity contribution is 5.73. The first-order chi connectivity index (χ1) is 9.27. The number of primary amides is 1. The number of nitrogens with two attached hydrogens (primary N) is 2. The van der Waals surface area contributed by atoms with Crippen LogP contribution < -0.4 is 11.6 Å². The average Bonchev–Trinajstić information content (AvgIpc) is 2.39. The summed E-state index contributed by atoms with van der Waals surface area (Å²) in [6.07, 6.45) is 9.04. The van der Waals surface area contributed by atoms with Crippen molar-refractivity contribution in [3.05, 3.63) is 0 Å². The van der Waals surface area contributed by atoms with Gasteiger partial charge in [0, 0.05) is 6.42 Å². The smallest absolute Gasteiger partial charge is 0.217 e. The molecule has 114 valence electrons. The molecule has 8 nitrogen and oxygen atoms in total. The fraction of sp³-hybridized carbons (Fsp3) is 0.909. The summed E-state index contributed by atoms with van der Waals surface area (Å²) < 4.78 is 0. The lowest BCUT2D eigenvalue weighted by Crippen LogP contribution is -2.09. The largest absolute Gasteiger partial charge is 0.370 e. The molecule has 0 saturated heterocycles. The van der Waals surface area contributed by atoms with Crippen molar-refractivity contribution in [2.45, 2.75) is 57.8 Å². The molecule has 1 amide bonds. The highest BCUT2D eigenvalue weighted by atomic mass is 17.8. The van der Waals surface area contributed by atoms with Gasteiger partial charge in [-0.1, -0.05) is 38.5 Å². The van der Waals surface area contributed by atoms with Gasteiger partial charge in [-0.25, -0.2) is 4.89 Å². The summed E-state index contributed by atoms with van der Waals surface area (Å²) in [6, 6.07) is 0. The zero-order valence-corrected chi connectivity index (χ0v) is 11.2. The van der Waals surface area contributed by atoms with Crippen molar-refractivity contribution in [2.24, 2.45) is 11.6 Å². The molecule has 8 heteroatoms. The van der Waals surface area contributed by atoms with E-state index in [1.807, 2.05) is 0 Å². The number of carbonyl (C=O) groups is 1. The highest BCUT2D eigenvalue weighted by Crippen LogP contribution is 2.09. The SMILES string of the molecule is NOOOOOCCCCCCCCCCC(N)=O. The van der Waals surface area contributed by atoms with Crippen LogP contribution >= 0.6 is 0 Å². The summed E-state index contributed by atoms with van der Waals surface area (Å²) >= 11 is 0.